The topological polar surface area (TPSA) is 42.4 Å². The van der Waals surface area contributed by atoms with Gasteiger partial charge in [-0.2, -0.15) is 4.39 Å². The second-order valence-electron chi connectivity index (χ2n) is 4.93. The molecule has 2 saturated heterocycles. The second kappa shape index (κ2) is 4.23. The molecule has 3 atom stereocenters. The molecule has 2 fully saturated rings. The monoisotopic (exact) mass is 250 g/mol. The van der Waals surface area contributed by atoms with Crippen molar-refractivity contribution in [2.45, 2.75) is 37.3 Å². The summed E-state index contributed by atoms with van der Waals surface area (Å²) in [6.07, 6.45) is 4.27. The predicted molar refractivity (Wildman–Crippen MR) is 62.6 cm³/mol. The first-order valence-corrected chi connectivity index (χ1v) is 6.18. The Morgan fingerprint density at radius 3 is 3.00 bits per heavy atom. The number of hydrogen-bond acceptors (Lipinski definition) is 3. The minimum absolute atomic E-state index is 0.176. The zero-order valence-corrected chi connectivity index (χ0v) is 10.2. The molecule has 5 heteroatoms. The highest BCUT2D eigenvalue weighted by atomic mass is 19.1. The number of rotatable bonds is 1. The fourth-order valence-electron chi connectivity index (χ4n) is 3.34. The zero-order valence-electron chi connectivity index (χ0n) is 10.2. The number of nitrogens with zero attached hydrogens (tertiary/aromatic N) is 2. The normalized spacial score (nSPS) is 29.7. The minimum Gasteiger partial charge on any atom is -0.453 e. The SMILES string of the molecule is COC(=O)N1C2CCC1C(c1ccc(F)nc1)C2. The van der Waals surface area contributed by atoms with E-state index >= 15 is 0 Å². The third kappa shape index (κ3) is 1.65. The number of amides is 1. The van der Waals surface area contributed by atoms with Crippen molar-refractivity contribution < 1.29 is 13.9 Å². The first-order chi connectivity index (χ1) is 8.70. The number of carbonyl (C=O) groups is 1. The summed E-state index contributed by atoms with van der Waals surface area (Å²) in [5.74, 6) is -0.206. The van der Waals surface area contributed by atoms with Gasteiger partial charge in [0, 0.05) is 24.2 Å². The summed E-state index contributed by atoms with van der Waals surface area (Å²) in [6, 6.07) is 3.58. The van der Waals surface area contributed by atoms with E-state index in [-0.39, 0.29) is 24.1 Å². The van der Waals surface area contributed by atoms with Gasteiger partial charge < -0.3 is 9.64 Å². The van der Waals surface area contributed by atoms with E-state index in [0.29, 0.717) is 0 Å². The summed E-state index contributed by atoms with van der Waals surface area (Å²) >= 11 is 0. The van der Waals surface area contributed by atoms with Crippen molar-refractivity contribution in [2.75, 3.05) is 7.11 Å². The van der Waals surface area contributed by atoms with E-state index in [1.807, 2.05) is 4.90 Å². The van der Waals surface area contributed by atoms with E-state index in [2.05, 4.69) is 4.98 Å². The lowest BCUT2D eigenvalue weighted by Crippen LogP contribution is -2.36. The highest BCUT2D eigenvalue weighted by Crippen LogP contribution is 2.46. The average molecular weight is 250 g/mol. The van der Waals surface area contributed by atoms with Gasteiger partial charge in [0.1, 0.15) is 0 Å². The second-order valence-corrected chi connectivity index (χ2v) is 4.93. The maximum absolute atomic E-state index is 12.8. The zero-order chi connectivity index (χ0) is 12.7. The largest absolute Gasteiger partial charge is 0.453 e. The van der Waals surface area contributed by atoms with E-state index in [0.717, 1.165) is 24.8 Å². The summed E-state index contributed by atoms with van der Waals surface area (Å²) in [4.78, 5) is 17.3. The molecule has 18 heavy (non-hydrogen) atoms. The van der Waals surface area contributed by atoms with Crippen molar-refractivity contribution in [3.8, 4) is 0 Å². The van der Waals surface area contributed by atoms with Crippen molar-refractivity contribution in [2.24, 2.45) is 0 Å². The van der Waals surface area contributed by atoms with Crippen molar-refractivity contribution in [1.82, 2.24) is 9.88 Å². The van der Waals surface area contributed by atoms with Gasteiger partial charge in [-0.25, -0.2) is 9.78 Å². The molecule has 0 saturated carbocycles. The smallest absolute Gasteiger partial charge is 0.410 e. The van der Waals surface area contributed by atoms with Crippen molar-refractivity contribution in [3.63, 3.8) is 0 Å². The van der Waals surface area contributed by atoms with Gasteiger partial charge in [0.25, 0.3) is 0 Å². The molecule has 0 spiro atoms. The maximum Gasteiger partial charge on any atom is 0.410 e. The van der Waals surface area contributed by atoms with Crippen LogP contribution in [-0.2, 0) is 4.74 Å². The molecule has 96 valence electrons. The Morgan fingerprint density at radius 2 is 2.33 bits per heavy atom. The Morgan fingerprint density at radius 1 is 1.50 bits per heavy atom. The van der Waals surface area contributed by atoms with Crippen LogP contribution in [-0.4, -0.2) is 35.2 Å². The molecule has 0 aliphatic carbocycles. The molecule has 1 amide bonds. The van der Waals surface area contributed by atoms with Crippen LogP contribution in [0.3, 0.4) is 0 Å². The molecule has 0 aromatic carbocycles. The molecule has 3 rings (SSSR count). The van der Waals surface area contributed by atoms with E-state index < -0.39 is 5.95 Å². The van der Waals surface area contributed by atoms with Crippen LogP contribution in [0.15, 0.2) is 18.3 Å². The van der Waals surface area contributed by atoms with Crippen LogP contribution in [0.2, 0.25) is 0 Å². The summed E-state index contributed by atoms with van der Waals surface area (Å²) in [5, 5.41) is 0. The lowest BCUT2D eigenvalue weighted by molar-refractivity contribution is 0.116. The third-order valence-electron chi connectivity index (χ3n) is 4.10. The van der Waals surface area contributed by atoms with Gasteiger partial charge in [-0.1, -0.05) is 6.07 Å². The van der Waals surface area contributed by atoms with E-state index in [9.17, 15) is 9.18 Å². The number of fused-ring (bicyclic) bond motifs is 2. The Hall–Kier alpha value is -1.65. The van der Waals surface area contributed by atoms with Gasteiger partial charge in [0.15, 0.2) is 0 Å². The summed E-state index contributed by atoms with van der Waals surface area (Å²) in [6.45, 7) is 0. The van der Waals surface area contributed by atoms with Crippen LogP contribution in [0.25, 0.3) is 0 Å². The molecule has 2 aliphatic rings. The highest BCUT2D eigenvalue weighted by Gasteiger charge is 2.49. The first-order valence-electron chi connectivity index (χ1n) is 6.18. The fourth-order valence-corrected chi connectivity index (χ4v) is 3.34. The van der Waals surface area contributed by atoms with Crippen molar-refractivity contribution >= 4 is 6.09 Å². The predicted octanol–water partition coefficient (Wildman–Crippen LogP) is 2.31. The van der Waals surface area contributed by atoms with Crippen LogP contribution in [0.1, 0.15) is 30.7 Å². The number of halogens is 1. The van der Waals surface area contributed by atoms with Gasteiger partial charge >= 0.3 is 6.09 Å². The molecule has 3 heterocycles. The standard InChI is InChI=1S/C13H15FN2O2/c1-18-13(17)16-9-3-4-11(16)10(6-9)8-2-5-12(14)15-7-8/h2,5,7,9-11H,3-4,6H2,1H3. The molecule has 3 unspecified atom stereocenters. The summed E-state index contributed by atoms with van der Waals surface area (Å²) in [7, 11) is 1.41. The first kappa shape index (κ1) is 11.4. The molecule has 2 aliphatic heterocycles. The Bertz CT molecular complexity index is 463. The Labute approximate surface area is 105 Å². The van der Waals surface area contributed by atoms with Crippen LogP contribution in [0.5, 0.6) is 0 Å². The Kier molecular flexibility index (Phi) is 2.69. The van der Waals surface area contributed by atoms with E-state index in [1.165, 1.54) is 13.2 Å². The quantitative estimate of drug-likeness (QED) is 0.718. The minimum atomic E-state index is -0.466. The molecule has 2 bridgehead atoms. The van der Waals surface area contributed by atoms with Gasteiger partial charge in [0.05, 0.1) is 7.11 Å². The number of ether oxygens (including phenoxy) is 1. The molecule has 0 N–H and O–H groups in total. The van der Waals surface area contributed by atoms with Crippen LogP contribution in [0.4, 0.5) is 9.18 Å². The summed E-state index contributed by atoms with van der Waals surface area (Å²) < 4.78 is 17.7. The van der Waals surface area contributed by atoms with Crippen molar-refractivity contribution in [1.29, 1.82) is 0 Å². The van der Waals surface area contributed by atoms with Gasteiger partial charge in [-0.3, -0.25) is 0 Å². The van der Waals surface area contributed by atoms with Crippen LogP contribution >= 0.6 is 0 Å². The van der Waals surface area contributed by atoms with Crippen molar-refractivity contribution in [3.05, 3.63) is 29.8 Å². The fraction of sp³-hybridized carbons (Fsp3) is 0.538. The highest BCUT2D eigenvalue weighted by molar-refractivity contribution is 5.69. The molecule has 0 radical (unpaired) electrons. The lowest BCUT2D eigenvalue weighted by atomic mass is 9.85. The van der Waals surface area contributed by atoms with E-state index in [1.54, 1.807) is 12.3 Å². The summed E-state index contributed by atoms with van der Waals surface area (Å²) in [5.41, 5.74) is 1.01. The average Bonchev–Trinajstić information content (AvgIpc) is 2.96. The molecule has 1 aromatic rings. The number of methoxy groups -OCH3 is 1. The van der Waals surface area contributed by atoms with Gasteiger partial charge in [-0.05, 0) is 30.9 Å². The maximum atomic E-state index is 12.8. The Balaban J connectivity index is 1.85. The molecular weight excluding hydrogens is 235 g/mol. The molecule has 1 aromatic heterocycles. The van der Waals surface area contributed by atoms with E-state index in [4.69, 9.17) is 4.74 Å². The third-order valence-corrected chi connectivity index (χ3v) is 4.10. The van der Waals surface area contributed by atoms with Gasteiger partial charge in [0.2, 0.25) is 5.95 Å². The number of carbonyl (C=O) groups excluding carboxylic acids is 1. The number of hydrogen-bond donors (Lipinski definition) is 0. The van der Waals surface area contributed by atoms with Gasteiger partial charge in [-0.15, -0.1) is 0 Å². The molecular formula is C13H15FN2O2. The van der Waals surface area contributed by atoms with Crippen LogP contribution < -0.4 is 0 Å². The molecule has 4 nitrogen and oxygen atoms in total. The van der Waals surface area contributed by atoms with Crippen LogP contribution in [0, 0.1) is 5.95 Å². The number of pyridine rings is 1. The number of aromatic nitrogens is 1. The lowest BCUT2D eigenvalue weighted by Gasteiger charge is -2.23.